The Kier molecular flexibility index (Phi) is 7.57. The minimum absolute atomic E-state index is 0.00842. The van der Waals surface area contributed by atoms with Gasteiger partial charge in [0.1, 0.15) is 11.4 Å². The van der Waals surface area contributed by atoms with Gasteiger partial charge in [0.15, 0.2) is 0 Å². The summed E-state index contributed by atoms with van der Waals surface area (Å²) < 4.78 is 11.6. The molecule has 0 radical (unpaired) electrons. The van der Waals surface area contributed by atoms with E-state index in [1.807, 2.05) is 31.2 Å². The predicted molar refractivity (Wildman–Crippen MR) is 97.5 cm³/mol. The largest absolute Gasteiger partial charge is 0.494 e. The number of hydrogen-bond acceptors (Lipinski definition) is 3. The molecule has 1 aliphatic rings. The maximum Gasteiger partial charge on any atom is 0.256 e. The highest BCUT2D eigenvalue weighted by Crippen LogP contribution is 2.32. The number of hydrogen-bond donors (Lipinski definition) is 1. The van der Waals surface area contributed by atoms with E-state index in [0.717, 1.165) is 56.6 Å². The zero-order chi connectivity index (χ0) is 17.3. The number of carbonyl (C=O) groups excluding carboxylic acids is 1. The van der Waals surface area contributed by atoms with Crippen LogP contribution < -0.4 is 10.1 Å². The Hall–Kier alpha value is -1.55. The third-order valence-corrected chi connectivity index (χ3v) is 4.62. The Labute approximate surface area is 145 Å². The summed E-state index contributed by atoms with van der Waals surface area (Å²) in [7, 11) is 0. The van der Waals surface area contributed by atoms with E-state index in [1.54, 1.807) is 0 Å². The molecular weight excluding hydrogens is 302 g/mol. The van der Waals surface area contributed by atoms with Crippen LogP contribution >= 0.6 is 0 Å². The van der Waals surface area contributed by atoms with Crippen LogP contribution in [0, 0.1) is 0 Å². The molecule has 24 heavy (non-hydrogen) atoms. The standard InChI is InChI=1S/C20H31NO3/c1-3-5-16-23-18-12-10-17(11-13-18)21-19(22)20(24-4-2)14-8-6-7-9-15-20/h10-13H,3-9,14-16H2,1-2H3,(H,21,22). The molecule has 4 heteroatoms. The SMILES string of the molecule is CCCCOc1ccc(NC(=O)C2(OCC)CCCCCC2)cc1. The quantitative estimate of drug-likeness (QED) is 0.542. The van der Waals surface area contributed by atoms with E-state index < -0.39 is 5.60 Å². The van der Waals surface area contributed by atoms with Gasteiger partial charge in [-0.1, -0.05) is 39.0 Å². The van der Waals surface area contributed by atoms with E-state index >= 15 is 0 Å². The average Bonchev–Trinajstić information content (AvgIpc) is 2.84. The Morgan fingerprint density at radius 3 is 2.33 bits per heavy atom. The molecule has 2 rings (SSSR count). The van der Waals surface area contributed by atoms with Gasteiger partial charge in [0.25, 0.3) is 5.91 Å². The lowest BCUT2D eigenvalue weighted by Crippen LogP contribution is -2.45. The Bertz CT molecular complexity index is 490. The lowest BCUT2D eigenvalue weighted by molar-refractivity contribution is -0.143. The Morgan fingerprint density at radius 1 is 1.08 bits per heavy atom. The second kappa shape index (κ2) is 9.67. The van der Waals surface area contributed by atoms with E-state index in [2.05, 4.69) is 12.2 Å². The van der Waals surface area contributed by atoms with Gasteiger partial charge in [-0.05, 0) is 50.5 Å². The lowest BCUT2D eigenvalue weighted by Gasteiger charge is -2.31. The number of rotatable bonds is 8. The first-order valence-corrected chi connectivity index (χ1v) is 9.38. The Morgan fingerprint density at radius 2 is 1.75 bits per heavy atom. The molecule has 1 aliphatic carbocycles. The molecule has 134 valence electrons. The van der Waals surface area contributed by atoms with E-state index in [0.29, 0.717) is 6.61 Å². The van der Waals surface area contributed by atoms with E-state index in [9.17, 15) is 4.79 Å². The summed E-state index contributed by atoms with van der Waals surface area (Å²) in [4.78, 5) is 12.9. The molecule has 0 aliphatic heterocycles. The molecule has 1 aromatic carbocycles. The lowest BCUT2D eigenvalue weighted by atomic mass is 9.93. The van der Waals surface area contributed by atoms with Crippen molar-refractivity contribution in [2.24, 2.45) is 0 Å². The molecule has 0 unspecified atom stereocenters. The van der Waals surface area contributed by atoms with E-state index in [4.69, 9.17) is 9.47 Å². The molecule has 1 amide bonds. The number of amides is 1. The fraction of sp³-hybridized carbons (Fsp3) is 0.650. The van der Waals surface area contributed by atoms with Crippen LogP contribution in [0.25, 0.3) is 0 Å². The van der Waals surface area contributed by atoms with Gasteiger partial charge in [-0.3, -0.25) is 4.79 Å². The van der Waals surface area contributed by atoms with Gasteiger partial charge >= 0.3 is 0 Å². The summed E-state index contributed by atoms with van der Waals surface area (Å²) in [6.45, 7) is 5.40. The number of ether oxygens (including phenoxy) is 2. The van der Waals surface area contributed by atoms with Gasteiger partial charge in [-0.25, -0.2) is 0 Å². The first kappa shape index (κ1) is 18.8. The van der Waals surface area contributed by atoms with Crippen LogP contribution in [0.2, 0.25) is 0 Å². The third kappa shape index (κ3) is 5.23. The second-order valence-corrected chi connectivity index (χ2v) is 6.52. The van der Waals surface area contributed by atoms with Crippen molar-refractivity contribution >= 4 is 11.6 Å². The van der Waals surface area contributed by atoms with Crippen LogP contribution in [-0.2, 0) is 9.53 Å². The minimum Gasteiger partial charge on any atom is -0.494 e. The van der Waals surface area contributed by atoms with Gasteiger partial charge < -0.3 is 14.8 Å². The summed E-state index contributed by atoms with van der Waals surface area (Å²) in [6.07, 6.45) is 8.27. The number of unbranched alkanes of at least 4 members (excludes halogenated alkanes) is 1. The van der Waals surface area contributed by atoms with E-state index in [-0.39, 0.29) is 5.91 Å². The van der Waals surface area contributed by atoms with Crippen LogP contribution in [0.5, 0.6) is 5.75 Å². The normalized spacial score (nSPS) is 17.1. The topological polar surface area (TPSA) is 47.6 Å². The third-order valence-electron chi connectivity index (χ3n) is 4.62. The maximum atomic E-state index is 12.9. The fourth-order valence-electron chi connectivity index (χ4n) is 3.23. The van der Waals surface area contributed by atoms with Crippen molar-refractivity contribution in [3.63, 3.8) is 0 Å². The van der Waals surface area contributed by atoms with Gasteiger partial charge in [0.05, 0.1) is 6.61 Å². The van der Waals surface area contributed by atoms with E-state index in [1.165, 1.54) is 12.8 Å². The number of benzene rings is 1. The molecule has 0 spiro atoms. The van der Waals surface area contributed by atoms with Crippen molar-refractivity contribution in [3.8, 4) is 5.75 Å². The summed E-state index contributed by atoms with van der Waals surface area (Å²) in [5, 5.41) is 3.04. The highest BCUT2D eigenvalue weighted by molar-refractivity contribution is 5.97. The van der Waals surface area contributed by atoms with Gasteiger partial charge in [0.2, 0.25) is 0 Å². The second-order valence-electron chi connectivity index (χ2n) is 6.52. The zero-order valence-corrected chi connectivity index (χ0v) is 15.1. The molecule has 0 aromatic heterocycles. The van der Waals surface area contributed by atoms with Gasteiger partial charge in [0, 0.05) is 12.3 Å². The molecule has 1 aromatic rings. The summed E-state index contributed by atoms with van der Waals surface area (Å²) in [5.74, 6) is 0.835. The minimum atomic E-state index is -0.665. The molecule has 0 saturated heterocycles. The van der Waals surface area contributed by atoms with Crippen molar-refractivity contribution in [3.05, 3.63) is 24.3 Å². The zero-order valence-electron chi connectivity index (χ0n) is 15.1. The molecule has 4 nitrogen and oxygen atoms in total. The molecule has 0 bridgehead atoms. The number of carbonyl (C=O) groups is 1. The smallest absolute Gasteiger partial charge is 0.256 e. The van der Waals surface area contributed by atoms with Crippen molar-refractivity contribution in [2.45, 2.75) is 70.8 Å². The van der Waals surface area contributed by atoms with Crippen LogP contribution in [-0.4, -0.2) is 24.7 Å². The van der Waals surface area contributed by atoms with Gasteiger partial charge in [-0.2, -0.15) is 0 Å². The number of anilines is 1. The summed E-state index contributed by atoms with van der Waals surface area (Å²) in [5.41, 5.74) is 0.132. The monoisotopic (exact) mass is 333 g/mol. The van der Waals surface area contributed by atoms with Crippen LogP contribution in [0.1, 0.15) is 65.2 Å². The fourth-order valence-corrected chi connectivity index (χ4v) is 3.23. The van der Waals surface area contributed by atoms with Crippen molar-refractivity contribution in [1.29, 1.82) is 0 Å². The molecular formula is C20H31NO3. The van der Waals surface area contributed by atoms with Crippen LogP contribution in [0.15, 0.2) is 24.3 Å². The maximum absolute atomic E-state index is 12.9. The highest BCUT2D eigenvalue weighted by Gasteiger charge is 2.39. The van der Waals surface area contributed by atoms with Gasteiger partial charge in [-0.15, -0.1) is 0 Å². The first-order chi connectivity index (χ1) is 11.7. The predicted octanol–water partition coefficient (Wildman–Crippen LogP) is 4.93. The highest BCUT2D eigenvalue weighted by atomic mass is 16.5. The molecule has 1 N–H and O–H groups in total. The van der Waals surface area contributed by atoms with Crippen LogP contribution in [0.4, 0.5) is 5.69 Å². The Balaban J connectivity index is 1.98. The molecule has 1 saturated carbocycles. The van der Waals surface area contributed by atoms with Crippen molar-refractivity contribution in [2.75, 3.05) is 18.5 Å². The summed E-state index contributed by atoms with van der Waals surface area (Å²) >= 11 is 0. The average molecular weight is 333 g/mol. The summed E-state index contributed by atoms with van der Waals surface area (Å²) in [6, 6.07) is 7.61. The molecule has 0 heterocycles. The van der Waals surface area contributed by atoms with Crippen molar-refractivity contribution in [1.82, 2.24) is 0 Å². The number of nitrogens with one attached hydrogen (secondary N) is 1. The molecule has 0 atom stereocenters. The van der Waals surface area contributed by atoms with Crippen molar-refractivity contribution < 1.29 is 14.3 Å². The van der Waals surface area contributed by atoms with Crippen LogP contribution in [0.3, 0.4) is 0 Å². The molecule has 1 fully saturated rings. The first-order valence-electron chi connectivity index (χ1n) is 9.38.